The molecule has 0 saturated carbocycles. The maximum absolute atomic E-state index is 5.15. The predicted molar refractivity (Wildman–Crippen MR) is 85.7 cm³/mol. The molecule has 0 amide bonds. The van der Waals surface area contributed by atoms with Crippen molar-refractivity contribution >= 4 is 16.5 Å². The van der Waals surface area contributed by atoms with Gasteiger partial charge in [0.1, 0.15) is 10.8 Å². The van der Waals surface area contributed by atoms with Crippen LogP contribution in [0.5, 0.6) is 5.75 Å². The van der Waals surface area contributed by atoms with E-state index in [1.54, 1.807) is 18.4 Å². The number of rotatable bonds is 5. The summed E-state index contributed by atoms with van der Waals surface area (Å²) in [6, 6.07) is 18.1. The van der Waals surface area contributed by atoms with Gasteiger partial charge in [0.15, 0.2) is 0 Å². The number of aromatic nitrogens is 2. The van der Waals surface area contributed by atoms with Crippen LogP contribution in [0.3, 0.4) is 0 Å². The Kier molecular flexibility index (Phi) is 4.12. The van der Waals surface area contributed by atoms with E-state index < -0.39 is 0 Å². The van der Waals surface area contributed by atoms with Gasteiger partial charge in [0.25, 0.3) is 0 Å². The smallest absolute Gasteiger partial charge is 0.206 e. The van der Waals surface area contributed by atoms with Gasteiger partial charge in [-0.15, -0.1) is 10.2 Å². The standard InChI is InChI=1S/C16H15N3OS/c1-20-14-9-7-13(8-10-14)15-18-19-16(21-15)17-11-12-5-3-2-4-6-12/h2-10H,11H2,1H3,(H,17,19). The second-order valence-corrected chi connectivity index (χ2v) is 5.46. The summed E-state index contributed by atoms with van der Waals surface area (Å²) < 4.78 is 5.15. The summed E-state index contributed by atoms with van der Waals surface area (Å²) in [5.74, 6) is 0.839. The summed E-state index contributed by atoms with van der Waals surface area (Å²) in [5.41, 5.74) is 2.26. The Hall–Kier alpha value is -2.40. The van der Waals surface area contributed by atoms with Crippen molar-refractivity contribution in [3.8, 4) is 16.3 Å². The molecule has 2 aromatic carbocycles. The Balaban J connectivity index is 1.68. The van der Waals surface area contributed by atoms with E-state index in [4.69, 9.17) is 4.74 Å². The van der Waals surface area contributed by atoms with Gasteiger partial charge in [0.05, 0.1) is 7.11 Å². The maximum Gasteiger partial charge on any atom is 0.206 e. The van der Waals surface area contributed by atoms with Gasteiger partial charge in [-0.3, -0.25) is 0 Å². The van der Waals surface area contributed by atoms with E-state index in [1.165, 1.54) is 5.56 Å². The van der Waals surface area contributed by atoms with E-state index in [0.29, 0.717) is 0 Å². The zero-order valence-corrected chi connectivity index (χ0v) is 12.4. The van der Waals surface area contributed by atoms with E-state index in [1.807, 2.05) is 42.5 Å². The normalized spacial score (nSPS) is 10.3. The molecule has 4 nitrogen and oxygen atoms in total. The molecule has 0 fully saturated rings. The van der Waals surface area contributed by atoms with Gasteiger partial charge in [0.2, 0.25) is 5.13 Å². The average molecular weight is 297 g/mol. The van der Waals surface area contributed by atoms with Crippen molar-refractivity contribution < 1.29 is 4.74 Å². The number of nitrogens with zero attached hydrogens (tertiary/aromatic N) is 2. The van der Waals surface area contributed by atoms with Gasteiger partial charge < -0.3 is 10.1 Å². The van der Waals surface area contributed by atoms with Gasteiger partial charge in [-0.25, -0.2) is 0 Å². The first kappa shape index (κ1) is 13.6. The molecule has 0 aliphatic heterocycles. The molecule has 0 bridgehead atoms. The van der Waals surface area contributed by atoms with Crippen LogP contribution in [0.25, 0.3) is 10.6 Å². The summed E-state index contributed by atoms with van der Waals surface area (Å²) >= 11 is 1.54. The summed E-state index contributed by atoms with van der Waals surface area (Å²) in [6.07, 6.45) is 0. The molecule has 5 heteroatoms. The van der Waals surface area contributed by atoms with Gasteiger partial charge in [-0.1, -0.05) is 41.7 Å². The predicted octanol–water partition coefficient (Wildman–Crippen LogP) is 3.83. The fourth-order valence-electron chi connectivity index (χ4n) is 1.92. The Morgan fingerprint density at radius 2 is 1.76 bits per heavy atom. The topological polar surface area (TPSA) is 47.0 Å². The molecule has 0 radical (unpaired) electrons. The summed E-state index contributed by atoms with van der Waals surface area (Å²) in [4.78, 5) is 0. The molecule has 1 heterocycles. The second kappa shape index (κ2) is 6.37. The largest absolute Gasteiger partial charge is 0.497 e. The molecule has 0 aliphatic rings. The lowest BCUT2D eigenvalue weighted by Crippen LogP contribution is -1.98. The van der Waals surface area contributed by atoms with Gasteiger partial charge in [-0.2, -0.15) is 0 Å². The first-order valence-corrected chi connectivity index (χ1v) is 7.42. The minimum atomic E-state index is 0.748. The Bertz CT molecular complexity index is 695. The monoisotopic (exact) mass is 297 g/mol. The number of nitrogens with one attached hydrogen (secondary N) is 1. The van der Waals surface area contributed by atoms with Gasteiger partial charge >= 0.3 is 0 Å². The van der Waals surface area contributed by atoms with Crippen LogP contribution in [-0.4, -0.2) is 17.3 Å². The number of anilines is 1. The van der Waals surface area contributed by atoms with Crippen LogP contribution in [0.4, 0.5) is 5.13 Å². The van der Waals surface area contributed by atoms with Crippen molar-refractivity contribution in [2.45, 2.75) is 6.54 Å². The van der Waals surface area contributed by atoms with Crippen LogP contribution in [0.2, 0.25) is 0 Å². The molecule has 1 N–H and O–H groups in total. The molecule has 0 spiro atoms. The fourth-order valence-corrected chi connectivity index (χ4v) is 2.66. The Morgan fingerprint density at radius 3 is 2.48 bits per heavy atom. The van der Waals surface area contributed by atoms with Crippen LogP contribution in [0.15, 0.2) is 54.6 Å². The molecule has 0 atom stereocenters. The highest BCUT2D eigenvalue weighted by molar-refractivity contribution is 7.18. The molecule has 0 unspecified atom stereocenters. The van der Waals surface area contributed by atoms with Gasteiger partial charge in [-0.05, 0) is 29.8 Å². The highest BCUT2D eigenvalue weighted by Gasteiger charge is 2.06. The fraction of sp³-hybridized carbons (Fsp3) is 0.125. The van der Waals surface area contributed by atoms with E-state index in [2.05, 4.69) is 27.6 Å². The van der Waals surface area contributed by atoms with E-state index in [0.717, 1.165) is 28.0 Å². The number of ether oxygens (including phenoxy) is 1. The van der Waals surface area contributed by atoms with Crippen molar-refractivity contribution in [3.05, 3.63) is 60.2 Å². The molecule has 0 aliphatic carbocycles. The van der Waals surface area contributed by atoms with Crippen molar-refractivity contribution in [3.63, 3.8) is 0 Å². The second-order valence-electron chi connectivity index (χ2n) is 4.48. The lowest BCUT2D eigenvalue weighted by molar-refractivity contribution is 0.415. The number of hydrogen-bond donors (Lipinski definition) is 1. The first-order chi connectivity index (χ1) is 10.3. The third-order valence-corrected chi connectivity index (χ3v) is 3.98. The van der Waals surface area contributed by atoms with Crippen LogP contribution >= 0.6 is 11.3 Å². The molecular weight excluding hydrogens is 282 g/mol. The maximum atomic E-state index is 5.15. The number of benzene rings is 2. The van der Waals surface area contributed by atoms with Crippen molar-refractivity contribution in [2.24, 2.45) is 0 Å². The first-order valence-electron chi connectivity index (χ1n) is 6.61. The number of methoxy groups -OCH3 is 1. The minimum Gasteiger partial charge on any atom is -0.497 e. The summed E-state index contributed by atoms with van der Waals surface area (Å²) in [6.45, 7) is 0.748. The summed E-state index contributed by atoms with van der Waals surface area (Å²) in [7, 11) is 1.66. The lowest BCUT2D eigenvalue weighted by Gasteiger charge is -2.01. The third-order valence-electron chi connectivity index (χ3n) is 3.05. The molecule has 106 valence electrons. The van der Waals surface area contributed by atoms with E-state index >= 15 is 0 Å². The Labute approximate surface area is 127 Å². The highest BCUT2D eigenvalue weighted by atomic mass is 32.1. The molecule has 21 heavy (non-hydrogen) atoms. The van der Waals surface area contributed by atoms with E-state index in [-0.39, 0.29) is 0 Å². The molecule has 3 aromatic rings. The zero-order chi connectivity index (χ0) is 14.5. The molecule has 3 rings (SSSR count). The Morgan fingerprint density at radius 1 is 1.00 bits per heavy atom. The zero-order valence-electron chi connectivity index (χ0n) is 11.6. The van der Waals surface area contributed by atoms with Crippen molar-refractivity contribution in [1.29, 1.82) is 0 Å². The van der Waals surface area contributed by atoms with Gasteiger partial charge in [0, 0.05) is 12.1 Å². The third kappa shape index (κ3) is 3.38. The van der Waals surface area contributed by atoms with Crippen LogP contribution in [-0.2, 0) is 6.54 Å². The average Bonchev–Trinajstić information content (AvgIpc) is 3.03. The molecule has 0 saturated heterocycles. The van der Waals surface area contributed by atoms with Crippen molar-refractivity contribution in [1.82, 2.24) is 10.2 Å². The minimum absolute atomic E-state index is 0.748. The van der Waals surface area contributed by atoms with E-state index in [9.17, 15) is 0 Å². The highest BCUT2D eigenvalue weighted by Crippen LogP contribution is 2.27. The molecular formula is C16H15N3OS. The van der Waals surface area contributed by atoms with Crippen LogP contribution in [0.1, 0.15) is 5.56 Å². The van der Waals surface area contributed by atoms with Crippen molar-refractivity contribution in [2.75, 3.05) is 12.4 Å². The number of hydrogen-bond acceptors (Lipinski definition) is 5. The lowest BCUT2D eigenvalue weighted by atomic mass is 10.2. The quantitative estimate of drug-likeness (QED) is 0.777. The molecule has 1 aromatic heterocycles. The van der Waals surface area contributed by atoms with Crippen LogP contribution < -0.4 is 10.1 Å². The SMILES string of the molecule is COc1ccc(-c2nnc(NCc3ccccc3)s2)cc1. The summed E-state index contributed by atoms with van der Waals surface area (Å²) in [5, 5.41) is 13.4. The van der Waals surface area contributed by atoms with Crippen LogP contribution in [0, 0.1) is 0 Å².